The minimum atomic E-state index is -4.67. The summed E-state index contributed by atoms with van der Waals surface area (Å²) in [5, 5.41) is 0.351. The van der Waals surface area contributed by atoms with Gasteiger partial charge in [0, 0.05) is 12.1 Å². The average molecular weight is 479 g/mol. The molecule has 0 saturated heterocycles. The summed E-state index contributed by atoms with van der Waals surface area (Å²) in [6, 6.07) is 10.1. The van der Waals surface area contributed by atoms with Gasteiger partial charge in [0.15, 0.2) is 0 Å². The Morgan fingerprint density at radius 2 is 1.91 bits per heavy atom. The first kappa shape index (κ1) is 22.6. The van der Waals surface area contributed by atoms with Crippen LogP contribution in [-0.2, 0) is 19.1 Å². The number of halogens is 4. The van der Waals surface area contributed by atoms with E-state index in [4.69, 9.17) is 28.0 Å². The Morgan fingerprint density at radius 3 is 2.64 bits per heavy atom. The van der Waals surface area contributed by atoms with Crippen molar-refractivity contribution in [2.24, 2.45) is 5.84 Å². The first-order chi connectivity index (χ1) is 15.7. The molecule has 2 aromatic carbocycles. The van der Waals surface area contributed by atoms with Gasteiger partial charge in [-0.1, -0.05) is 29.8 Å². The van der Waals surface area contributed by atoms with E-state index in [9.17, 15) is 18.0 Å². The van der Waals surface area contributed by atoms with Crippen molar-refractivity contribution in [1.82, 2.24) is 14.9 Å². The van der Waals surface area contributed by atoms with E-state index in [0.717, 1.165) is 17.3 Å². The summed E-state index contributed by atoms with van der Waals surface area (Å²) < 4.78 is 39.5. The second kappa shape index (κ2) is 8.75. The molecule has 172 valence electrons. The number of para-hydroxylation sites is 2. The standard InChI is InChI=1S/C21H18ClF3N6O2/c22-18-13(4-3-5-14(18)21(23,24)25)20(32)30-9-8-12-16(10-30)28-11-29-19(12)33-31(27)17-7-2-1-6-15(17)26/h1-7,11H,8-10,26-27H2. The van der Waals surface area contributed by atoms with Crippen LogP contribution >= 0.6 is 11.6 Å². The van der Waals surface area contributed by atoms with E-state index >= 15 is 0 Å². The van der Waals surface area contributed by atoms with Crippen LogP contribution in [0, 0.1) is 0 Å². The highest BCUT2D eigenvalue weighted by atomic mass is 35.5. The van der Waals surface area contributed by atoms with E-state index in [-0.39, 0.29) is 24.5 Å². The second-order valence-electron chi connectivity index (χ2n) is 7.22. The molecule has 3 aromatic rings. The highest BCUT2D eigenvalue weighted by molar-refractivity contribution is 6.34. The van der Waals surface area contributed by atoms with E-state index in [1.165, 1.54) is 17.3 Å². The Labute approximate surface area is 191 Å². The lowest BCUT2D eigenvalue weighted by atomic mass is 10.0. The maximum Gasteiger partial charge on any atom is 0.417 e. The van der Waals surface area contributed by atoms with Crippen molar-refractivity contribution >= 4 is 28.9 Å². The van der Waals surface area contributed by atoms with Gasteiger partial charge in [0.05, 0.1) is 34.1 Å². The van der Waals surface area contributed by atoms with Crippen molar-refractivity contribution in [3.63, 3.8) is 0 Å². The Bertz CT molecular complexity index is 1210. The van der Waals surface area contributed by atoms with E-state index in [0.29, 0.717) is 29.1 Å². The van der Waals surface area contributed by atoms with Crippen LogP contribution in [0.1, 0.15) is 27.2 Å². The van der Waals surface area contributed by atoms with Crippen LogP contribution in [0.5, 0.6) is 5.88 Å². The van der Waals surface area contributed by atoms with Gasteiger partial charge in [-0.3, -0.25) is 4.79 Å². The molecule has 12 heteroatoms. The summed E-state index contributed by atoms with van der Waals surface area (Å²) in [4.78, 5) is 28.3. The van der Waals surface area contributed by atoms with Crippen molar-refractivity contribution in [2.75, 3.05) is 17.5 Å². The van der Waals surface area contributed by atoms with Crippen molar-refractivity contribution < 1.29 is 22.8 Å². The van der Waals surface area contributed by atoms with Crippen LogP contribution in [0.15, 0.2) is 48.8 Å². The van der Waals surface area contributed by atoms with Crippen molar-refractivity contribution in [2.45, 2.75) is 19.1 Å². The minimum Gasteiger partial charge on any atom is -0.397 e. The molecule has 0 spiro atoms. The van der Waals surface area contributed by atoms with Crippen molar-refractivity contribution in [3.05, 3.63) is 76.2 Å². The van der Waals surface area contributed by atoms with E-state index < -0.39 is 22.7 Å². The fraction of sp³-hybridized carbons (Fsp3) is 0.190. The van der Waals surface area contributed by atoms with E-state index in [1.807, 2.05) is 0 Å². The Morgan fingerprint density at radius 1 is 1.15 bits per heavy atom. The summed E-state index contributed by atoms with van der Waals surface area (Å²) in [5.74, 6) is 5.54. The summed E-state index contributed by atoms with van der Waals surface area (Å²) in [6.45, 7) is 0.234. The third kappa shape index (κ3) is 4.50. The molecule has 1 aliphatic rings. The quantitative estimate of drug-likeness (QED) is 0.335. The number of nitrogens with two attached hydrogens (primary N) is 2. The number of aromatic nitrogens is 2. The van der Waals surface area contributed by atoms with E-state index in [2.05, 4.69) is 9.97 Å². The van der Waals surface area contributed by atoms with Gasteiger partial charge in [-0.15, -0.1) is 5.17 Å². The lowest BCUT2D eigenvalue weighted by Gasteiger charge is -2.30. The molecular formula is C21H18ClF3N6O2. The minimum absolute atomic E-state index is 0.0394. The number of amides is 1. The topological polar surface area (TPSA) is 111 Å². The third-order valence-electron chi connectivity index (χ3n) is 5.15. The second-order valence-corrected chi connectivity index (χ2v) is 7.60. The first-order valence-corrected chi connectivity index (χ1v) is 10.1. The summed E-state index contributed by atoms with van der Waals surface area (Å²) in [7, 11) is 0. The number of hydrogen-bond donors (Lipinski definition) is 2. The van der Waals surface area contributed by atoms with Crippen molar-refractivity contribution in [3.8, 4) is 5.88 Å². The number of anilines is 2. The van der Waals surface area contributed by atoms with Crippen LogP contribution in [0.2, 0.25) is 5.02 Å². The predicted molar refractivity (Wildman–Crippen MR) is 115 cm³/mol. The SMILES string of the molecule is Nc1ccccc1N(N)Oc1ncnc2c1CCN(C(=O)c1cccc(C(F)(F)F)c1Cl)C2. The van der Waals surface area contributed by atoms with Gasteiger partial charge in [-0.2, -0.15) is 18.2 Å². The van der Waals surface area contributed by atoms with Gasteiger partial charge >= 0.3 is 6.18 Å². The van der Waals surface area contributed by atoms with Gasteiger partial charge in [0.1, 0.15) is 12.0 Å². The number of rotatable bonds is 4. The van der Waals surface area contributed by atoms with Crippen LogP contribution in [0.3, 0.4) is 0 Å². The molecule has 0 fully saturated rings. The molecule has 2 heterocycles. The zero-order valence-corrected chi connectivity index (χ0v) is 17.8. The molecule has 1 aliphatic heterocycles. The molecule has 0 atom stereocenters. The molecule has 0 bridgehead atoms. The normalized spacial score (nSPS) is 13.4. The Balaban J connectivity index is 1.56. The molecule has 0 unspecified atom stereocenters. The van der Waals surface area contributed by atoms with Crippen molar-refractivity contribution in [1.29, 1.82) is 0 Å². The molecule has 1 amide bonds. The van der Waals surface area contributed by atoms with Gasteiger partial charge in [0.25, 0.3) is 11.8 Å². The summed E-state index contributed by atoms with van der Waals surface area (Å²) >= 11 is 5.92. The number of benzene rings is 2. The molecule has 0 aliphatic carbocycles. The Hall–Kier alpha value is -3.57. The Kier molecular flexibility index (Phi) is 6.00. The van der Waals surface area contributed by atoms with Gasteiger partial charge < -0.3 is 15.5 Å². The maximum atomic E-state index is 13.2. The number of fused-ring (bicyclic) bond motifs is 1. The van der Waals surface area contributed by atoms with Gasteiger partial charge in [-0.05, 0) is 30.7 Å². The smallest absolute Gasteiger partial charge is 0.397 e. The lowest BCUT2D eigenvalue weighted by molar-refractivity contribution is -0.137. The van der Waals surface area contributed by atoms with Crippen LogP contribution in [0.25, 0.3) is 0 Å². The maximum absolute atomic E-state index is 13.2. The zero-order chi connectivity index (χ0) is 23.8. The predicted octanol–water partition coefficient (Wildman–Crippen LogP) is 3.60. The molecule has 4 N–H and O–H groups in total. The van der Waals surface area contributed by atoms with Crippen LogP contribution in [0.4, 0.5) is 24.5 Å². The lowest BCUT2D eigenvalue weighted by Crippen LogP contribution is -2.39. The van der Waals surface area contributed by atoms with Crippen LogP contribution < -0.4 is 21.6 Å². The average Bonchev–Trinajstić information content (AvgIpc) is 2.78. The van der Waals surface area contributed by atoms with Crippen LogP contribution in [-0.4, -0.2) is 27.3 Å². The molecule has 4 rings (SSSR count). The highest BCUT2D eigenvalue weighted by Gasteiger charge is 2.36. The largest absolute Gasteiger partial charge is 0.417 e. The third-order valence-corrected chi connectivity index (χ3v) is 5.56. The highest BCUT2D eigenvalue weighted by Crippen LogP contribution is 2.37. The number of hydrazine groups is 1. The fourth-order valence-electron chi connectivity index (χ4n) is 3.49. The summed E-state index contributed by atoms with van der Waals surface area (Å²) in [6.07, 6.45) is -3.12. The number of alkyl halides is 3. The molecule has 8 nitrogen and oxygen atoms in total. The molecule has 1 aromatic heterocycles. The molecule has 0 radical (unpaired) electrons. The van der Waals surface area contributed by atoms with Gasteiger partial charge in [-0.25, -0.2) is 10.8 Å². The monoisotopic (exact) mass is 478 g/mol. The fourth-order valence-corrected chi connectivity index (χ4v) is 3.81. The van der Waals surface area contributed by atoms with E-state index in [1.54, 1.807) is 24.3 Å². The first-order valence-electron chi connectivity index (χ1n) is 9.72. The number of carbonyl (C=O) groups is 1. The number of nitrogen functional groups attached to an aromatic ring is 1. The molecule has 0 saturated carbocycles. The number of carbonyl (C=O) groups excluding carboxylic acids is 1. The molecule has 33 heavy (non-hydrogen) atoms. The number of hydrogen-bond acceptors (Lipinski definition) is 7. The zero-order valence-electron chi connectivity index (χ0n) is 17.0. The number of nitrogens with zero attached hydrogens (tertiary/aromatic N) is 4. The summed E-state index contributed by atoms with van der Waals surface area (Å²) in [5.41, 5.74) is 6.56. The van der Waals surface area contributed by atoms with Gasteiger partial charge in [0.2, 0.25) is 0 Å². The molecular weight excluding hydrogens is 461 g/mol.